The molecule has 3 heteroatoms. The number of hydrogen-bond donors (Lipinski definition) is 1. The number of hydrogen-bond acceptors (Lipinski definition) is 2. The third-order valence-electron chi connectivity index (χ3n) is 3.18. The molecule has 2 aromatic rings. The van der Waals surface area contributed by atoms with Gasteiger partial charge in [-0.15, -0.1) is 0 Å². The Hall–Kier alpha value is -1.61. The van der Waals surface area contributed by atoms with E-state index in [0.29, 0.717) is 0 Å². The van der Waals surface area contributed by atoms with Gasteiger partial charge in [-0.25, -0.2) is 0 Å². The van der Waals surface area contributed by atoms with E-state index in [1.165, 1.54) is 16.7 Å². The highest BCUT2D eigenvalue weighted by molar-refractivity contribution is 5.31. The SMILES string of the molecule is Cc1ccc(C)c(CC(N)c2ccnn2C)c1. The maximum Gasteiger partial charge on any atom is 0.0551 e. The van der Waals surface area contributed by atoms with Gasteiger partial charge >= 0.3 is 0 Å². The zero-order valence-electron chi connectivity index (χ0n) is 10.6. The fourth-order valence-electron chi connectivity index (χ4n) is 2.11. The normalized spacial score (nSPS) is 12.7. The molecule has 0 aliphatic heterocycles. The lowest BCUT2D eigenvalue weighted by Crippen LogP contribution is -2.17. The number of aromatic nitrogens is 2. The molecule has 0 saturated heterocycles. The molecule has 1 unspecified atom stereocenters. The number of aryl methyl sites for hydroxylation is 3. The first-order chi connectivity index (χ1) is 8.08. The van der Waals surface area contributed by atoms with Gasteiger partial charge in [0.15, 0.2) is 0 Å². The second-order valence-electron chi connectivity index (χ2n) is 4.62. The van der Waals surface area contributed by atoms with Crippen molar-refractivity contribution in [3.8, 4) is 0 Å². The number of nitrogens with zero attached hydrogens (tertiary/aromatic N) is 2. The van der Waals surface area contributed by atoms with Gasteiger partial charge in [0.25, 0.3) is 0 Å². The highest BCUT2D eigenvalue weighted by Crippen LogP contribution is 2.19. The van der Waals surface area contributed by atoms with Crippen LogP contribution >= 0.6 is 0 Å². The smallest absolute Gasteiger partial charge is 0.0551 e. The molecular weight excluding hydrogens is 210 g/mol. The van der Waals surface area contributed by atoms with Crippen LogP contribution in [0, 0.1) is 13.8 Å². The molecule has 0 saturated carbocycles. The lowest BCUT2D eigenvalue weighted by molar-refractivity contribution is 0.616. The minimum Gasteiger partial charge on any atom is -0.322 e. The first-order valence-electron chi connectivity index (χ1n) is 5.87. The first kappa shape index (κ1) is 11.9. The van der Waals surface area contributed by atoms with Crippen molar-refractivity contribution in [3.05, 3.63) is 52.8 Å². The van der Waals surface area contributed by atoms with Crippen LogP contribution in [0.2, 0.25) is 0 Å². The second-order valence-corrected chi connectivity index (χ2v) is 4.62. The van der Waals surface area contributed by atoms with Gasteiger partial charge in [0, 0.05) is 13.2 Å². The average Bonchev–Trinajstić information content (AvgIpc) is 2.70. The van der Waals surface area contributed by atoms with E-state index in [9.17, 15) is 0 Å². The Bertz CT molecular complexity index is 514. The summed E-state index contributed by atoms with van der Waals surface area (Å²) < 4.78 is 1.84. The monoisotopic (exact) mass is 229 g/mol. The maximum atomic E-state index is 6.23. The number of rotatable bonds is 3. The summed E-state index contributed by atoms with van der Waals surface area (Å²) in [5.41, 5.74) is 11.2. The molecule has 1 aromatic heterocycles. The van der Waals surface area contributed by atoms with Crippen LogP contribution in [0.1, 0.15) is 28.4 Å². The lowest BCUT2D eigenvalue weighted by Gasteiger charge is -2.14. The van der Waals surface area contributed by atoms with Crippen LogP contribution in [0.15, 0.2) is 30.5 Å². The second kappa shape index (κ2) is 4.72. The van der Waals surface area contributed by atoms with Crippen LogP contribution in [-0.4, -0.2) is 9.78 Å². The molecule has 2 N–H and O–H groups in total. The number of nitrogens with two attached hydrogens (primary N) is 1. The van der Waals surface area contributed by atoms with Gasteiger partial charge in [-0.05, 0) is 37.5 Å². The topological polar surface area (TPSA) is 43.8 Å². The predicted molar refractivity (Wildman–Crippen MR) is 69.8 cm³/mol. The minimum atomic E-state index is 0.00278. The third-order valence-corrected chi connectivity index (χ3v) is 3.18. The highest BCUT2D eigenvalue weighted by atomic mass is 15.3. The molecule has 3 nitrogen and oxygen atoms in total. The van der Waals surface area contributed by atoms with Crippen LogP contribution in [0.25, 0.3) is 0 Å². The minimum absolute atomic E-state index is 0.00278. The van der Waals surface area contributed by atoms with E-state index < -0.39 is 0 Å². The van der Waals surface area contributed by atoms with E-state index >= 15 is 0 Å². The third kappa shape index (κ3) is 2.56. The summed E-state index contributed by atoms with van der Waals surface area (Å²) in [6, 6.07) is 8.49. The van der Waals surface area contributed by atoms with Gasteiger partial charge in [-0.3, -0.25) is 4.68 Å². The van der Waals surface area contributed by atoms with E-state index in [1.54, 1.807) is 6.20 Å². The summed E-state index contributed by atoms with van der Waals surface area (Å²) in [7, 11) is 1.93. The molecule has 2 rings (SSSR count). The number of benzene rings is 1. The van der Waals surface area contributed by atoms with Gasteiger partial charge in [-0.1, -0.05) is 23.8 Å². The standard InChI is InChI=1S/C14H19N3/c1-10-4-5-11(2)12(8-10)9-13(15)14-6-7-16-17(14)3/h4-8,13H,9,15H2,1-3H3. The van der Waals surface area contributed by atoms with E-state index in [4.69, 9.17) is 5.73 Å². The Morgan fingerprint density at radius 2 is 2.06 bits per heavy atom. The Morgan fingerprint density at radius 3 is 2.71 bits per heavy atom. The van der Waals surface area contributed by atoms with E-state index in [2.05, 4.69) is 37.1 Å². The molecule has 17 heavy (non-hydrogen) atoms. The van der Waals surface area contributed by atoms with E-state index in [1.807, 2.05) is 17.8 Å². The molecule has 1 aromatic carbocycles. The van der Waals surface area contributed by atoms with Crippen LogP contribution < -0.4 is 5.73 Å². The van der Waals surface area contributed by atoms with Gasteiger partial charge in [0.1, 0.15) is 0 Å². The Kier molecular flexibility index (Phi) is 3.29. The van der Waals surface area contributed by atoms with Crippen molar-refractivity contribution < 1.29 is 0 Å². The van der Waals surface area contributed by atoms with Crippen LogP contribution in [0.3, 0.4) is 0 Å². The molecule has 0 aliphatic rings. The summed E-state index contributed by atoms with van der Waals surface area (Å²) in [5.74, 6) is 0. The van der Waals surface area contributed by atoms with Crippen LogP contribution in [-0.2, 0) is 13.5 Å². The molecule has 0 fully saturated rings. The van der Waals surface area contributed by atoms with Crippen molar-refractivity contribution in [1.29, 1.82) is 0 Å². The van der Waals surface area contributed by atoms with Crippen molar-refractivity contribution in [3.63, 3.8) is 0 Å². The summed E-state index contributed by atoms with van der Waals surface area (Å²) in [5, 5.41) is 4.16. The average molecular weight is 229 g/mol. The summed E-state index contributed by atoms with van der Waals surface area (Å²) in [4.78, 5) is 0. The molecular formula is C14H19N3. The molecule has 0 bridgehead atoms. The van der Waals surface area contributed by atoms with Crippen molar-refractivity contribution >= 4 is 0 Å². The van der Waals surface area contributed by atoms with Crippen LogP contribution in [0.4, 0.5) is 0 Å². The fourth-order valence-corrected chi connectivity index (χ4v) is 2.11. The first-order valence-corrected chi connectivity index (χ1v) is 5.87. The Labute approximate surface area is 102 Å². The molecule has 0 aliphatic carbocycles. The highest BCUT2D eigenvalue weighted by Gasteiger charge is 2.12. The maximum absolute atomic E-state index is 6.23. The molecule has 0 spiro atoms. The van der Waals surface area contributed by atoms with Crippen molar-refractivity contribution in [2.45, 2.75) is 26.3 Å². The summed E-state index contributed by atoms with van der Waals surface area (Å²) in [6.45, 7) is 4.24. The quantitative estimate of drug-likeness (QED) is 0.877. The van der Waals surface area contributed by atoms with Gasteiger partial charge < -0.3 is 5.73 Å². The Balaban J connectivity index is 2.21. The van der Waals surface area contributed by atoms with Crippen molar-refractivity contribution in [2.24, 2.45) is 12.8 Å². The van der Waals surface area contributed by atoms with E-state index in [-0.39, 0.29) is 6.04 Å². The molecule has 1 atom stereocenters. The fraction of sp³-hybridized carbons (Fsp3) is 0.357. The van der Waals surface area contributed by atoms with Gasteiger partial charge in [0.2, 0.25) is 0 Å². The zero-order valence-corrected chi connectivity index (χ0v) is 10.6. The van der Waals surface area contributed by atoms with E-state index in [0.717, 1.165) is 12.1 Å². The summed E-state index contributed by atoms with van der Waals surface area (Å²) in [6.07, 6.45) is 2.64. The lowest BCUT2D eigenvalue weighted by atomic mass is 9.98. The molecule has 90 valence electrons. The largest absolute Gasteiger partial charge is 0.322 e. The molecule has 1 heterocycles. The van der Waals surface area contributed by atoms with Crippen molar-refractivity contribution in [1.82, 2.24) is 9.78 Å². The predicted octanol–water partition coefficient (Wildman–Crippen LogP) is 2.28. The summed E-state index contributed by atoms with van der Waals surface area (Å²) >= 11 is 0. The van der Waals surface area contributed by atoms with Crippen LogP contribution in [0.5, 0.6) is 0 Å². The Morgan fingerprint density at radius 1 is 1.29 bits per heavy atom. The van der Waals surface area contributed by atoms with Crippen molar-refractivity contribution in [2.75, 3.05) is 0 Å². The molecule has 0 radical (unpaired) electrons. The van der Waals surface area contributed by atoms with Gasteiger partial charge in [0.05, 0.1) is 11.7 Å². The molecule has 0 amide bonds. The van der Waals surface area contributed by atoms with Gasteiger partial charge in [-0.2, -0.15) is 5.10 Å². The zero-order chi connectivity index (χ0) is 12.4.